The molecule has 4 heteroatoms. The Balaban J connectivity index is 1.74. The molecule has 0 N–H and O–H groups in total. The van der Waals surface area contributed by atoms with E-state index in [4.69, 9.17) is 0 Å². The van der Waals surface area contributed by atoms with Crippen LogP contribution >= 0.6 is 0 Å². The lowest BCUT2D eigenvalue weighted by atomic mass is 10.1. The summed E-state index contributed by atoms with van der Waals surface area (Å²) in [5.41, 5.74) is 8.53. The molecule has 0 aliphatic rings. The molecule has 0 amide bonds. The predicted molar refractivity (Wildman–Crippen MR) is 135 cm³/mol. The molecule has 0 aliphatic carbocycles. The summed E-state index contributed by atoms with van der Waals surface area (Å²) in [5, 5.41) is 3.73. The first-order chi connectivity index (χ1) is 15.5. The van der Waals surface area contributed by atoms with E-state index in [0.29, 0.717) is 0 Å². The van der Waals surface area contributed by atoms with Crippen molar-refractivity contribution < 1.29 is 0 Å². The molecule has 6 rings (SSSR count). The van der Waals surface area contributed by atoms with Gasteiger partial charge >= 0.3 is 0 Å². The molecule has 0 atom stereocenters. The highest BCUT2D eigenvalue weighted by atomic mass is 15.2. The van der Waals surface area contributed by atoms with Gasteiger partial charge in [-0.25, -0.2) is 0 Å². The number of para-hydroxylation sites is 2. The van der Waals surface area contributed by atoms with Crippen molar-refractivity contribution in [3.8, 4) is 0 Å². The van der Waals surface area contributed by atoms with E-state index >= 15 is 0 Å². The van der Waals surface area contributed by atoms with Gasteiger partial charge in [-0.15, -0.1) is 0 Å². The lowest BCUT2D eigenvalue weighted by Crippen LogP contribution is -2.09. The van der Waals surface area contributed by atoms with E-state index in [0.717, 1.165) is 0 Å². The van der Waals surface area contributed by atoms with Gasteiger partial charge in [-0.3, -0.25) is 0 Å². The van der Waals surface area contributed by atoms with Gasteiger partial charge in [0.25, 0.3) is 0 Å². The van der Waals surface area contributed by atoms with Crippen molar-refractivity contribution in [1.29, 1.82) is 0 Å². The summed E-state index contributed by atoms with van der Waals surface area (Å²) in [6.07, 6.45) is 6.76. The van der Waals surface area contributed by atoms with E-state index in [-0.39, 0.29) is 0 Å². The first-order valence-electron chi connectivity index (χ1n) is 11.0. The third kappa shape index (κ3) is 2.62. The van der Waals surface area contributed by atoms with Crippen molar-refractivity contribution in [2.45, 2.75) is 6.92 Å². The number of hydrogen-bond acceptors (Lipinski definition) is 1. The van der Waals surface area contributed by atoms with Crippen molar-refractivity contribution in [1.82, 2.24) is 13.7 Å². The number of aryl methyl sites for hydroxylation is 4. The van der Waals surface area contributed by atoms with Crippen molar-refractivity contribution in [3.05, 3.63) is 90.9 Å². The van der Waals surface area contributed by atoms with Crippen LogP contribution in [0.15, 0.2) is 85.3 Å². The first-order valence-corrected chi connectivity index (χ1v) is 11.0. The minimum absolute atomic E-state index is 1.19. The van der Waals surface area contributed by atoms with E-state index in [2.05, 4.69) is 132 Å². The van der Waals surface area contributed by atoms with Crippen LogP contribution in [0.1, 0.15) is 5.56 Å². The standard InChI is InChI=1S/C28H26N4/c1-19-13-14-22-25(15-19)31(4)18-28(22)32(26-16-29(2)23-11-7-5-9-20(23)26)27-17-30(3)24-12-8-6-10-21(24)27/h5-18H,1-4H3. The molecular weight excluding hydrogens is 392 g/mol. The largest absolute Gasteiger partial charge is 0.348 e. The van der Waals surface area contributed by atoms with Crippen molar-refractivity contribution in [3.63, 3.8) is 0 Å². The van der Waals surface area contributed by atoms with Gasteiger partial charge in [0.05, 0.1) is 22.6 Å². The average molecular weight is 419 g/mol. The predicted octanol–water partition coefficient (Wildman–Crippen LogP) is 6.94. The second-order valence-corrected chi connectivity index (χ2v) is 8.77. The fourth-order valence-corrected chi connectivity index (χ4v) is 5.04. The van der Waals surface area contributed by atoms with Crippen LogP contribution in [0.25, 0.3) is 32.7 Å². The molecule has 158 valence electrons. The Bertz CT molecular complexity index is 1550. The Morgan fingerprint density at radius 2 is 0.969 bits per heavy atom. The van der Waals surface area contributed by atoms with Gasteiger partial charge in [0.1, 0.15) is 0 Å². The Morgan fingerprint density at radius 3 is 1.50 bits per heavy atom. The third-order valence-corrected chi connectivity index (χ3v) is 6.60. The summed E-state index contributed by atoms with van der Waals surface area (Å²) in [5.74, 6) is 0. The molecule has 0 saturated heterocycles. The number of anilines is 3. The van der Waals surface area contributed by atoms with Crippen LogP contribution in [0, 0.1) is 6.92 Å². The number of nitrogens with zero attached hydrogens (tertiary/aromatic N) is 4. The van der Waals surface area contributed by atoms with Gasteiger partial charge in [0.2, 0.25) is 0 Å². The molecule has 0 unspecified atom stereocenters. The summed E-state index contributed by atoms with van der Waals surface area (Å²) < 4.78 is 6.68. The number of rotatable bonds is 3. The highest BCUT2D eigenvalue weighted by Crippen LogP contribution is 2.45. The monoisotopic (exact) mass is 418 g/mol. The summed E-state index contributed by atoms with van der Waals surface area (Å²) in [4.78, 5) is 2.43. The van der Waals surface area contributed by atoms with Crippen LogP contribution < -0.4 is 4.90 Å². The smallest absolute Gasteiger partial charge is 0.0718 e. The maximum Gasteiger partial charge on any atom is 0.0718 e. The molecule has 0 aliphatic heterocycles. The summed E-state index contributed by atoms with van der Waals surface area (Å²) in [7, 11) is 6.38. The molecular formula is C28H26N4. The Labute approximate surface area is 187 Å². The zero-order valence-electron chi connectivity index (χ0n) is 18.9. The second kappa shape index (κ2) is 6.79. The molecule has 0 fully saturated rings. The Morgan fingerprint density at radius 1 is 0.531 bits per heavy atom. The second-order valence-electron chi connectivity index (χ2n) is 8.77. The third-order valence-electron chi connectivity index (χ3n) is 6.60. The van der Waals surface area contributed by atoms with Crippen LogP contribution in [-0.2, 0) is 21.1 Å². The topological polar surface area (TPSA) is 18.0 Å². The fourth-order valence-electron chi connectivity index (χ4n) is 5.04. The van der Waals surface area contributed by atoms with E-state index < -0.39 is 0 Å². The van der Waals surface area contributed by atoms with Crippen LogP contribution in [0.4, 0.5) is 17.1 Å². The molecule has 32 heavy (non-hydrogen) atoms. The van der Waals surface area contributed by atoms with Gasteiger partial charge in [0, 0.05) is 66.9 Å². The highest BCUT2D eigenvalue weighted by molar-refractivity contribution is 6.08. The minimum Gasteiger partial charge on any atom is -0.348 e. The van der Waals surface area contributed by atoms with Crippen LogP contribution in [-0.4, -0.2) is 13.7 Å². The number of hydrogen-bond donors (Lipinski definition) is 0. The maximum atomic E-state index is 2.43. The van der Waals surface area contributed by atoms with Gasteiger partial charge in [-0.2, -0.15) is 0 Å². The Hall–Kier alpha value is -3.92. The van der Waals surface area contributed by atoms with Crippen molar-refractivity contribution in [2.75, 3.05) is 4.90 Å². The van der Waals surface area contributed by atoms with Crippen LogP contribution in [0.5, 0.6) is 0 Å². The number of benzene rings is 3. The quantitative estimate of drug-likeness (QED) is 0.304. The van der Waals surface area contributed by atoms with Crippen LogP contribution in [0.3, 0.4) is 0 Å². The van der Waals surface area contributed by atoms with Crippen LogP contribution in [0.2, 0.25) is 0 Å². The van der Waals surface area contributed by atoms with E-state index in [1.54, 1.807) is 0 Å². The molecule has 3 aromatic carbocycles. The van der Waals surface area contributed by atoms with Crippen molar-refractivity contribution in [2.24, 2.45) is 21.1 Å². The first kappa shape index (κ1) is 18.8. The maximum absolute atomic E-state index is 2.43. The number of fused-ring (bicyclic) bond motifs is 3. The van der Waals surface area contributed by atoms with Crippen molar-refractivity contribution >= 4 is 49.8 Å². The molecule has 0 spiro atoms. The number of aromatic nitrogens is 3. The SMILES string of the molecule is Cc1ccc2c(N(c3cn(C)c4ccccc34)c3cn(C)c4ccccc34)cn(C)c2c1. The molecule has 0 saturated carbocycles. The molecule has 3 heterocycles. The normalized spacial score (nSPS) is 11.8. The average Bonchev–Trinajstić information content (AvgIpc) is 3.42. The molecule has 3 aromatic heterocycles. The van der Waals surface area contributed by atoms with E-state index in [1.807, 2.05) is 0 Å². The minimum atomic E-state index is 1.19. The molecule has 0 bridgehead atoms. The Kier molecular flexibility index (Phi) is 3.99. The fraction of sp³-hybridized carbons (Fsp3) is 0.143. The zero-order chi connectivity index (χ0) is 22.0. The van der Waals surface area contributed by atoms with E-state index in [9.17, 15) is 0 Å². The summed E-state index contributed by atoms with van der Waals surface area (Å²) >= 11 is 0. The highest BCUT2D eigenvalue weighted by Gasteiger charge is 2.24. The molecule has 4 nitrogen and oxygen atoms in total. The van der Waals surface area contributed by atoms with E-state index in [1.165, 1.54) is 55.3 Å². The summed E-state index contributed by atoms with van der Waals surface area (Å²) in [6, 6.07) is 24.0. The summed E-state index contributed by atoms with van der Waals surface area (Å²) in [6.45, 7) is 2.15. The van der Waals surface area contributed by atoms with Gasteiger partial charge < -0.3 is 18.6 Å². The molecule has 6 aromatic rings. The van der Waals surface area contributed by atoms with Gasteiger partial charge in [-0.1, -0.05) is 48.5 Å². The zero-order valence-corrected chi connectivity index (χ0v) is 18.9. The lowest BCUT2D eigenvalue weighted by Gasteiger charge is -2.23. The van der Waals surface area contributed by atoms with Gasteiger partial charge in [-0.05, 0) is 30.7 Å². The molecule has 0 radical (unpaired) electrons. The van der Waals surface area contributed by atoms with Gasteiger partial charge in [0.15, 0.2) is 0 Å². The lowest BCUT2D eigenvalue weighted by molar-refractivity contribution is 0.956.